The van der Waals surface area contributed by atoms with Crippen molar-refractivity contribution in [2.24, 2.45) is 0 Å². The molecule has 0 unspecified atom stereocenters. The molecular weight excluding hydrogens is 378 g/mol. The Balaban J connectivity index is 1.64. The number of aromatic nitrogens is 2. The largest absolute Gasteiger partial charge is 0.323 e. The Morgan fingerprint density at radius 2 is 1.90 bits per heavy atom. The van der Waals surface area contributed by atoms with E-state index < -0.39 is 0 Å². The zero-order valence-electron chi connectivity index (χ0n) is 16.6. The molecule has 0 atom stereocenters. The summed E-state index contributed by atoms with van der Waals surface area (Å²) in [5.74, 6) is -0.479. The van der Waals surface area contributed by atoms with Crippen LogP contribution in [0.3, 0.4) is 0 Å². The highest BCUT2D eigenvalue weighted by atomic mass is 16.2. The van der Waals surface area contributed by atoms with Gasteiger partial charge in [-0.25, -0.2) is 4.98 Å². The van der Waals surface area contributed by atoms with Crippen molar-refractivity contribution in [2.45, 2.75) is 32.7 Å². The summed E-state index contributed by atoms with van der Waals surface area (Å²) in [7, 11) is 0. The van der Waals surface area contributed by atoms with Gasteiger partial charge in [0.15, 0.2) is 11.5 Å². The SMILES string of the molecule is Cc1ccccc1NC(=O)c1nc(C(=O)Nc2cccc(C#N)c2)c2n1CCCC2. The number of hydrogen-bond donors (Lipinski definition) is 2. The molecule has 2 aromatic carbocycles. The van der Waals surface area contributed by atoms with Gasteiger partial charge in [0.1, 0.15) is 0 Å². The second-order valence-electron chi connectivity index (χ2n) is 7.26. The molecule has 2 heterocycles. The third kappa shape index (κ3) is 3.80. The van der Waals surface area contributed by atoms with Gasteiger partial charge >= 0.3 is 0 Å². The zero-order chi connectivity index (χ0) is 21.1. The number of imidazole rings is 1. The lowest BCUT2D eigenvalue weighted by atomic mass is 10.1. The van der Waals surface area contributed by atoms with Crippen molar-refractivity contribution >= 4 is 23.2 Å². The van der Waals surface area contributed by atoms with Gasteiger partial charge in [-0.2, -0.15) is 5.26 Å². The van der Waals surface area contributed by atoms with Gasteiger partial charge in [-0.3, -0.25) is 9.59 Å². The fraction of sp³-hybridized carbons (Fsp3) is 0.217. The summed E-state index contributed by atoms with van der Waals surface area (Å²) >= 11 is 0. The number of carbonyl (C=O) groups excluding carboxylic acids is 2. The molecule has 0 bridgehead atoms. The van der Waals surface area contributed by atoms with E-state index in [9.17, 15) is 9.59 Å². The highest BCUT2D eigenvalue weighted by Gasteiger charge is 2.27. The monoisotopic (exact) mass is 399 g/mol. The second kappa shape index (κ2) is 8.21. The van der Waals surface area contributed by atoms with Gasteiger partial charge in [0, 0.05) is 17.9 Å². The number of nitrogens with one attached hydrogen (secondary N) is 2. The molecule has 1 aliphatic heterocycles. The van der Waals surface area contributed by atoms with Crippen molar-refractivity contribution in [3.05, 3.63) is 76.9 Å². The van der Waals surface area contributed by atoms with Crippen LogP contribution in [0.1, 0.15) is 50.8 Å². The Hall–Kier alpha value is -3.92. The highest BCUT2D eigenvalue weighted by molar-refractivity contribution is 6.07. The first-order chi connectivity index (χ1) is 14.6. The number of carbonyl (C=O) groups is 2. The second-order valence-corrected chi connectivity index (χ2v) is 7.26. The fourth-order valence-electron chi connectivity index (χ4n) is 3.65. The van der Waals surface area contributed by atoms with Gasteiger partial charge in [-0.1, -0.05) is 24.3 Å². The number of benzene rings is 2. The summed E-state index contributed by atoms with van der Waals surface area (Å²) in [4.78, 5) is 30.3. The van der Waals surface area contributed by atoms with E-state index in [2.05, 4.69) is 21.7 Å². The molecule has 3 aromatic rings. The summed E-state index contributed by atoms with van der Waals surface area (Å²) in [6.07, 6.45) is 2.56. The zero-order valence-corrected chi connectivity index (χ0v) is 16.6. The van der Waals surface area contributed by atoms with Crippen LogP contribution in [-0.4, -0.2) is 21.4 Å². The van der Waals surface area contributed by atoms with E-state index in [4.69, 9.17) is 5.26 Å². The molecule has 1 aliphatic rings. The van der Waals surface area contributed by atoms with Gasteiger partial charge < -0.3 is 15.2 Å². The smallest absolute Gasteiger partial charge is 0.291 e. The number of aryl methyl sites for hydroxylation is 1. The number of nitriles is 1. The van der Waals surface area contributed by atoms with Gasteiger partial charge in [-0.15, -0.1) is 0 Å². The first kappa shape index (κ1) is 19.4. The molecule has 30 heavy (non-hydrogen) atoms. The van der Waals surface area contributed by atoms with E-state index in [-0.39, 0.29) is 23.3 Å². The quantitative estimate of drug-likeness (QED) is 0.695. The minimum absolute atomic E-state index is 0.240. The van der Waals surface area contributed by atoms with Crippen LogP contribution in [-0.2, 0) is 13.0 Å². The number of anilines is 2. The minimum atomic E-state index is -0.384. The van der Waals surface area contributed by atoms with E-state index in [0.29, 0.717) is 24.2 Å². The van der Waals surface area contributed by atoms with Crippen molar-refractivity contribution in [2.75, 3.05) is 10.6 Å². The maximum Gasteiger partial charge on any atom is 0.291 e. The molecule has 7 heteroatoms. The first-order valence-corrected chi connectivity index (χ1v) is 9.84. The van der Waals surface area contributed by atoms with Crippen LogP contribution in [0.25, 0.3) is 0 Å². The van der Waals surface area contributed by atoms with E-state index in [1.165, 1.54) is 0 Å². The predicted molar refractivity (Wildman–Crippen MR) is 113 cm³/mol. The molecule has 0 saturated heterocycles. The molecule has 0 aliphatic carbocycles. The Bertz CT molecular complexity index is 1170. The lowest BCUT2D eigenvalue weighted by molar-refractivity contribution is 0.101. The van der Waals surface area contributed by atoms with Crippen LogP contribution in [0.15, 0.2) is 48.5 Å². The molecular formula is C23H21N5O2. The third-order valence-electron chi connectivity index (χ3n) is 5.18. The van der Waals surface area contributed by atoms with Gasteiger partial charge in [0.25, 0.3) is 11.8 Å². The average Bonchev–Trinajstić information content (AvgIpc) is 3.15. The molecule has 0 spiro atoms. The molecule has 1 aromatic heterocycles. The van der Waals surface area contributed by atoms with E-state index in [1.54, 1.807) is 24.3 Å². The Morgan fingerprint density at radius 3 is 2.70 bits per heavy atom. The maximum absolute atomic E-state index is 13.0. The topological polar surface area (TPSA) is 99.8 Å². The molecule has 0 fully saturated rings. The van der Waals surface area contributed by atoms with E-state index in [0.717, 1.165) is 29.8 Å². The highest BCUT2D eigenvalue weighted by Crippen LogP contribution is 2.23. The summed E-state index contributed by atoms with van der Waals surface area (Å²) < 4.78 is 1.84. The van der Waals surface area contributed by atoms with Crippen LogP contribution >= 0.6 is 0 Å². The summed E-state index contributed by atoms with van der Waals surface area (Å²) in [6, 6.07) is 16.3. The number of hydrogen-bond acceptors (Lipinski definition) is 4. The van der Waals surface area contributed by atoms with Gasteiger partial charge in [0.05, 0.1) is 17.3 Å². The molecule has 0 radical (unpaired) electrons. The predicted octanol–water partition coefficient (Wildman–Crippen LogP) is 3.90. The molecule has 150 valence electrons. The van der Waals surface area contributed by atoms with Gasteiger partial charge in [0.2, 0.25) is 0 Å². The Morgan fingerprint density at radius 1 is 1.07 bits per heavy atom. The van der Waals surface area contributed by atoms with Crippen LogP contribution < -0.4 is 10.6 Å². The van der Waals surface area contributed by atoms with Crippen molar-refractivity contribution in [1.29, 1.82) is 5.26 Å². The molecule has 7 nitrogen and oxygen atoms in total. The summed E-state index contributed by atoms with van der Waals surface area (Å²) in [5, 5.41) is 14.8. The number of amides is 2. The van der Waals surface area contributed by atoms with Crippen LogP contribution in [0.5, 0.6) is 0 Å². The lowest BCUT2D eigenvalue weighted by Gasteiger charge is -2.17. The van der Waals surface area contributed by atoms with Crippen molar-refractivity contribution in [3.8, 4) is 6.07 Å². The maximum atomic E-state index is 13.0. The van der Waals surface area contributed by atoms with E-state index in [1.807, 2.05) is 35.8 Å². The van der Waals surface area contributed by atoms with Gasteiger partial charge in [-0.05, 0) is 56.0 Å². The number of fused-ring (bicyclic) bond motifs is 1. The lowest BCUT2D eigenvalue weighted by Crippen LogP contribution is -2.21. The van der Waals surface area contributed by atoms with Crippen molar-refractivity contribution in [3.63, 3.8) is 0 Å². The number of rotatable bonds is 4. The Labute approximate surface area is 174 Å². The van der Waals surface area contributed by atoms with Crippen LogP contribution in [0.4, 0.5) is 11.4 Å². The van der Waals surface area contributed by atoms with Crippen molar-refractivity contribution in [1.82, 2.24) is 9.55 Å². The normalized spacial score (nSPS) is 12.5. The number of para-hydroxylation sites is 1. The molecule has 4 rings (SSSR count). The minimum Gasteiger partial charge on any atom is -0.323 e. The van der Waals surface area contributed by atoms with Crippen LogP contribution in [0.2, 0.25) is 0 Å². The molecule has 2 N–H and O–H groups in total. The van der Waals surface area contributed by atoms with E-state index >= 15 is 0 Å². The van der Waals surface area contributed by atoms with Crippen LogP contribution in [0, 0.1) is 18.3 Å². The number of nitrogens with zero attached hydrogens (tertiary/aromatic N) is 3. The first-order valence-electron chi connectivity index (χ1n) is 9.84. The third-order valence-corrected chi connectivity index (χ3v) is 5.18. The standard InChI is InChI=1S/C23H21N5O2/c1-15-7-2-3-10-18(15)26-23(30)21-27-20(19-11-4-5-12-28(19)21)22(29)25-17-9-6-8-16(13-17)14-24/h2-3,6-10,13H,4-5,11-12H2,1H3,(H,25,29)(H,26,30). The molecule has 2 amide bonds. The average molecular weight is 399 g/mol. The summed E-state index contributed by atoms with van der Waals surface area (Å²) in [5.41, 5.74) is 3.67. The summed E-state index contributed by atoms with van der Waals surface area (Å²) in [6.45, 7) is 2.57. The Kier molecular flexibility index (Phi) is 5.31. The van der Waals surface area contributed by atoms with Crippen molar-refractivity contribution < 1.29 is 9.59 Å². The molecule has 0 saturated carbocycles. The fourth-order valence-corrected chi connectivity index (χ4v) is 3.65.